The molecule has 1 N–H and O–H groups in total. The Morgan fingerprint density at radius 3 is 2.79 bits per heavy atom. The molecular formula is C21H29N3O4S. The van der Waals surface area contributed by atoms with Gasteiger partial charge in [0.15, 0.2) is 11.5 Å². The van der Waals surface area contributed by atoms with Crippen LogP contribution in [0.4, 0.5) is 5.13 Å². The first-order valence-corrected chi connectivity index (χ1v) is 10.6. The Morgan fingerprint density at radius 1 is 1.24 bits per heavy atom. The normalized spacial score (nSPS) is 10.9. The second-order valence-corrected chi connectivity index (χ2v) is 7.34. The average molecular weight is 420 g/mol. The SMILES string of the molecule is CCCCCCOc1ccc(/C=N\Nc2nc(C)c(C(=O)OCC)s2)cc1OC. The first-order valence-electron chi connectivity index (χ1n) is 9.83. The second-order valence-electron chi connectivity index (χ2n) is 6.34. The number of methoxy groups -OCH3 is 1. The minimum Gasteiger partial charge on any atom is -0.493 e. The fourth-order valence-corrected chi connectivity index (χ4v) is 3.40. The summed E-state index contributed by atoms with van der Waals surface area (Å²) in [4.78, 5) is 16.6. The summed E-state index contributed by atoms with van der Waals surface area (Å²) in [6, 6.07) is 5.66. The zero-order valence-corrected chi connectivity index (χ0v) is 18.3. The molecule has 1 aromatic carbocycles. The van der Waals surface area contributed by atoms with Crippen molar-refractivity contribution < 1.29 is 19.0 Å². The van der Waals surface area contributed by atoms with Crippen molar-refractivity contribution in [3.05, 3.63) is 34.3 Å². The van der Waals surface area contributed by atoms with Crippen LogP contribution >= 0.6 is 11.3 Å². The van der Waals surface area contributed by atoms with Crippen LogP contribution in [0.3, 0.4) is 0 Å². The number of thiazole rings is 1. The van der Waals surface area contributed by atoms with Gasteiger partial charge in [0.05, 0.1) is 32.2 Å². The number of ether oxygens (including phenoxy) is 3. The lowest BCUT2D eigenvalue weighted by molar-refractivity contribution is 0.0531. The average Bonchev–Trinajstić information content (AvgIpc) is 3.09. The molecule has 0 aliphatic heterocycles. The topological polar surface area (TPSA) is 82.0 Å². The number of nitrogens with one attached hydrogen (secondary N) is 1. The maximum Gasteiger partial charge on any atom is 0.350 e. The van der Waals surface area contributed by atoms with E-state index in [1.807, 2.05) is 18.2 Å². The number of aryl methyl sites for hydroxylation is 1. The van der Waals surface area contributed by atoms with Crippen molar-refractivity contribution in [2.45, 2.75) is 46.5 Å². The molecular weight excluding hydrogens is 390 g/mol. The number of nitrogens with zero attached hydrogens (tertiary/aromatic N) is 2. The number of hydrazone groups is 1. The summed E-state index contributed by atoms with van der Waals surface area (Å²) in [6.07, 6.45) is 6.29. The van der Waals surface area contributed by atoms with E-state index in [-0.39, 0.29) is 5.97 Å². The summed E-state index contributed by atoms with van der Waals surface area (Å²) in [5.74, 6) is 1.03. The number of rotatable bonds is 12. The molecule has 0 fully saturated rings. The third-order valence-corrected chi connectivity index (χ3v) is 5.12. The van der Waals surface area contributed by atoms with E-state index in [1.54, 1.807) is 27.2 Å². The Morgan fingerprint density at radius 2 is 2.07 bits per heavy atom. The van der Waals surface area contributed by atoms with Crippen molar-refractivity contribution in [3.63, 3.8) is 0 Å². The molecule has 0 aliphatic carbocycles. The predicted octanol–water partition coefficient (Wildman–Crippen LogP) is 5.04. The largest absolute Gasteiger partial charge is 0.493 e. The molecule has 8 heteroatoms. The molecule has 2 rings (SSSR count). The number of hydrogen-bond acceptors (Lipinski definition) is 8. The first-order chi connectivity index (χ1) is 14.1. The highest BCUT2D eigenvalue weighted by Gasteiger charge is 2.16. The highest BCUT2D eigenvalue weighted by Crippen LogP contribution is 2.28. The monoisotopic (exact) mass is 419 g/mol. The first kappa shape index (κ1) is 22.7. The molecule has 0 saturated heterocycles. The van der Waals surface area contributed by atoms with E-state index in [0.717, 1.165) is 17.7 Å². The smallest absolute Gasteiger partial charge is 0.350 e. The van der Waals surface area contributed by atoms with Gasteiger partial charge in [-0.3, -0.25) is 5.43 Å². The Labute approximate surface area is 176 Å². The van der Waals surface area contributed by atoms with Gasteiger partial charge in [0.2, 0.25) is 5.13 Å². The van der Waals surface area contributed by atoms with Gasteiger partial charge < -0.3 is 14.2 Å². The van der Waals surface area contributed by atoms with E-state index < -0.39 is 0 Å². The van der Waals surface area contributed by atoms with E-state index in [0.29, 0.717) is 34.7 Å². The van der Waals surface area contributed by atoms with Crippen molar-refractivity contribution >= 4 is 28.7 Å². The van der Waals surface area contributed by atoms with Gasteiger partial charge in [-0.05, 0) is 44.0 Å². The van der Waals surface area contributed by atoms with Crippen LogP contribution in [0.15, 0.2) is 23.3 Å². The highest BCUT2D eigenvalue weighted by atomic mass is 32.1. The van der Waals surface area contributed by atoms with Crippen LogP contribution in [0.5, 0.6) is 11.5 Å². The maximum atomic E-state index is 11.9. The summed E-state index contributed by atoms with van der Waals surface area (Å²) in [5, 5.41) is 4.73. The lowest BCUT2D eigenvalue weighted by Crippen LogP contribution is -2.03. The lowest BCUT2D eigenvalue weighted by atomic mass is 10.2. The molecule has 0 saturated carbocycles. The quantitative estimate of drug-likeness (QED) is 0.225. The molecule has 0 radical (unpaired) electrons. The van der Waals surface area contributed by atoms with Crippen LogP contribution in [0.25, 0.3) is 0 Å². The minimum atomic E-state index is -0.366. The van der Waals surface area contributed by atoms with Crippen molar-refractivity contribution in [2.75, 3.05) is 25.7 Å². The van der Waals surface area contributed by atoms with E-state index >= 15 is 0 Å². The second kappa shape index (κ2) is 12.1. The standard InChI is InChI=1S/C21H29N3O4S/c1-5-7-8-9-12-28-17-11-10-16(13-18(17)26-4)14-22-24-21-23-15(3)19(29-21)20(25)27-6-2/h10-11,13-14H,5-9,12H2,1-4H3,(H,23,24)/b22-14-. The van der Waals surface area contributed by atoms with E-state index in [9.17, 15) is 4.79 Å². The van der Waals surface area contributed by atoms with Crippen LogP contribution in [0.2, 0.25) is 0 Å². The number of anilines is 1. The van der Waals surface area contributed by atoms with Gasteiger partial charge in [-0.2, -0.15) is 5.10 Å². The molecule has 0 aliphatic rings. The van der Waals surface area contributed by atoms with Crippen LogP contribution in [-0.2, 0) is 4.74 Å². The van der Waals surface area contributed by atoms with Gasteiger partial charge in [-0.25, -0.2) is 9.78 Å². The van der Waals surface area contributed by atoms with Gasteiger partial charge in [0, 0.05) is 0 Å². The van der Waals surface area contributed by atoms with Gasteiger partial charge in [0.1, 0.15) is 4.88 Å². The molecule has 7 nitrogen and oxygen atoms in total. The van der Waals surface area contributed by atoms with E-state index in [4.69, 9.17) is 14.2 Å². The highest BCUT2D eigenvalue weighted by molar-refractivity contribution is 7.17. The summed E-state index contributed by atoms with van der Waals surface area (Å²) in [5.41, 5.74) is 4.33. The number of esters is 1. The van der Waals surface area contributed by atoms with Crippen LogP contribution in [0.1, 0.15) is 60.5 Å². The van der Waals surface area contributed by atoms with Gasteiger partial charge in [-0.15, -0.1) is 0 Å². The zero-order valence-electron chi connectivity index (χ0n) is 17.5. The number of unbranched alkanes of at least 4 members (excludes halogenated alkanes) is 3. The summed E-state index contributed by atoms with van der Waals surface area (Å²) in [6.45, 7) is 6.74. The molecule has 0 unspecified atom stereocenters. The Balaban J connectivity index is 1.95. The number of carbonyl (C=O) groups excluding carboxylic acids is 1. The van der Waals surface area contributed by atoms with Crippen LogP contribution < -0.4 is 14.9 Å². The molecule has 0 atom stereocenters. The molecule has 0 spiro atoms. The molecule has 2 aromatic rings. The Kier molecular flexibility index (Phi) is 9.43. The third-order valence-electron chi connectivity index (χ3n) is 4.07. The van der Waals surface area contributed by atoms with Crippen molar-refractivity contribution in [3.8, 4) is 11.5 Å². The number of benzene rings is 1. The van der Waals surface area contributed by atoms with Crippen LogP contribution in [-0.4, -0.2) is 37.5 Å². The Bertz CT molecular complexity index is 820. The number of carbonyl (C=O) groups is 1. The molecule has 0 amide bonds. The number of aromatic nitrogens is 1. The fraction of sp³-hybridized carbons (Fsp3) is 0.476. The van der Waals surface area contributed by atoms with Crippen molar-refractivity contribution in [1.82, 2.24) is 4.98 Å². The third kappa shape index (κ3) is 7.05. The fourth-order valence-electron chi connectivity index (χ4n) is 2.59. The molecule has 1 heterocycles. The molecule has 1 aromatic heterocycles. The van der Waals surface area contributed by atoms with Crippen LogP contribution in [0, 0.1) is 6.92 Å². The van der Waals surface area contributed by atoms with Gasteiger partial charge in [0.25, 0.3) is 0 Å². The van der Waals surface area contributed by atoms with Gasteiger partial charge >= 0.3 is 5.97 Å². The zero-order chi connectivity index (χ0) is 21.1. The minimum absolute atomic E-state index is 0.331. The Hall–Kier alpha value is -2.61. The summed E-state index contributed by atoms with van der Waals surface area (Å²) < 4.78 is 16.3. The van der Waals surface area contributed by atoms with Crippen molar-refractivity contribution in [2.24, 2.45) is 5.10 Å². The van der Waals surface area contributed by atoms with Gasteiger partial charge in [-0.1, -0.05) is 37.5 Å². The maximum absolute atomic E-state index is 11.9. The van der Waals surface area contributed by atoms with Crippen molar-refractivity contribution in [1.29, 1.82) is 0 Å². The summed E-state index contributed by atoms with van der Waals surface area (Å²) in [7, 11) is 1.62. The van der Waals surface area contributed by atoms with E-state index in [1.165, 1.54) is 30.6 Å². The lowest BCUT2D eigenvalue weighted by Gasteiger charge is -2.11. The molecule has 158 valence electrons. The van der Waals surface area contributed by atoms with E-state index in [2.05, 4.69) is 22.4 Å². The summed E-state index contributed by atoms with van der Waals surface area (Å²) >= 11 is 1.21. The number of hydrogen-bond donors (Lipinski definition) is 1. The molecule has 29 heavy (non-hydrogen) atoms. The molecule has 0 bridgehead atoms. The predicted molar refractivity (Wildman–Crippen MR) is 117 cm³/mol.